The Labute approximate surface area is 83.6 Å². The summed E-state index contributed by atoms with van der Waals surface area (Å²) in [5, 5.41) is 10.5. The molecule has 3 fully saturated rings. The predicted octanol–water partition coefficient (Wildman–Crippen LogP) is -0.654. The van der Waals surface area contributed by atoms with Crippen molar-refractivity contribution in [2.45, 2.75) is 42.4 Å². The van der Waals surface area contributed by atoms with Gasteiger partial charge in [0, 0.05) is 0 Å². The lowest BCUT2D eigenvalue weighted by atomic mass is 9.75. The Bertz CT molecular complexity index is 285. The molecule has 0 aromatic heterocycles. The zero-order chi connectivity index (χ0) is 10.0. The summed E-state index contributed by atoms with van der Waals surface area (Å²) >= 11 is 0. The van der Waals surface area contributed by atoms with Crippen LogP contribution < -0.4 is 11.5 Å². The van der Waals surface area contributed by atoms with Gasteiger partial charge in [-0.05, 0) is 25.2 Å². The van der Waals surface area contributed by atoms with Gasteiger partial charge in [-0.25, -0.2) is 0 Å². The topological polar surface area (TPSA) is 81.5 Å². The summed E-state index contributed by atoms with van der Waals surface area (Å²) in [5.41, 5.74) is 10.7. The van der Waals surface area contributed by atoms with E-state index in [4.69, 9.17) is 16.2 Å². The summed E-state index contributed by atoms with van der Waals surface area (Å²) in [6.07, 6.45) is 3.67. The molecule has 1 saturated heterocycles. The van der Waals surface area contributed by atoms with E-state index in [1.807, 2.05) is 0 Å². The van der Waals surface area contributed by atoms with E-state index in [2.05, 4.69) is 0 Å². The van der Waals surface area contributed by atoms with Gasteiger partial charge in [-0.1, -0.05) is 6.42 Å². The molecule has 0 amide bonds. The van der Waals surface area contributed by atoms with Gasteiger partial charge in [-0.15, -0.1) is 0 Å². The molecule has 0 spiro atoms. The van der Waals surface area contributed by atoms with Crippen LogP contribution in [0.15, 0.2) is 0 Å². The van der Waals surface area contributed by atoms with Crippen LogP contribution in [0.25, 0.3) is 0 Å². The average Bonchev–Trinajstić information content (AvgIpc) is 2.50. The Kier molecular flexibility index (Phi) is 1.51. The number of rotatable bonds is 0. The average molecular weight is 198 g/mol. The van der Waals surface area contributed by atoms with Crippen molar-refractivity contribution in [3.8, 4) is 0 Å². The van der Waals surface area contributed by atoms with E-state index in [1.165, 1.54) is 0 Å². The van der Waals surface area contributed by atoms with Crippen molar-refractivity contribution < 1.29 is 9.84 Å². The molecule has 2 aliphatic carbocycles. The van der Waals surface area contributed by atoms with Crippen molar-refractivity contribution in [1.82, 2.24) is 0 Å². The lowest BCUT2D eigenvalue weighted by Gasteiger charge is -2.41. The van der Waals surface area contributed by atoms with Crippen LogP contribution in [0.3, 0.4) is 0 Å². The van der Waals surface area contributed by atoms with Gasteiger partial charge in [0.05, 0.1) is 29.9 Å². The minimum absolute atomic E-state index is 0.341. The summed E-state index contributed by atoms with van der Waals surface area (Å²) in [6.45, 7) is 0.924. The van der Waals surface area contributed by atoms with Crippen molar-refractivity contribution in [1.29, 1.82) is 0 Å². The minimum atomic E-state index is -0.777. The van der Waals surface area contributed by atoms with Crippen LogP contribution in [0, 0.1) is 5.92 Å². The quantitative estimate of drug-likeness (QED) is 0.483. The Morgan fingerprint density at radius 1 is 1.29 bits per heavy atom. The largest absolute Gasteiger partial charge is 0.388 e. The van der Waals surface area contributed by atoms with Gasteiger partial charge in [-0.2, -0.15) is 0 Å². The summed E-state index contributed by atoms with van der Waals surface area (Å²) in [7, 11) is 0. The maximum absolute atomic E-state index is 10.5. The predicted molar refractivity (Wildman–Crippen MR) is 51.6 cm³/mol. The first-order valence-electron chi connectivity index (χ1n) is 5.40. The van der Waals surface area contributed by atoms with Crippen LogP contribution in [-0.4, -0.2) is 35.0 Å². The van der Waals surface area contributed by atoms with E-state index in [-0.39, 0.29) is 0 Å². The van der Waals surface area contributed by atoms with Gasteiger partial charge in [-0.3, -0.25) is 0 Å². The number of nitrogens with two attached hydrogens (primary N) is 2. The van der Waals surface area contributed by atoms with Gasteiger partial charge in [0.1, 0.15) is 0 Å². The van der Waals surface area contributed by atoms with Crippen molar-refractivity contribution in [3.05, 3.63) is 0 Å². The molecule has 0 radical (unpaired) electrons. The Morgan fingerprint density at radius 3 is 2.86 bits per heavy atom. The third-order valence-corrected chi connectivity index (χ3v) is 4.79. The zero-order valence-corrected chi connectivity index (χ0v) is 8.33. The van der Waals surface area contributed by atoms with Gasteiger partial charge >= 0.3 is 0 Å². The normalized spacial score (nSPS) is 61.5. The second-order valence-electron chi connectivity index (χ2n) is 5.33. The molecule has 4 heteroatoms. The molecule has 2 bridgehead atoms. The Hall–Kier alpha value is -0.160. The highest BCUT2D eigenvalue weighted by atomic mass is 16.5. The SMILES string of the molecule is NC12COCC1(N)C1(O)CCCC2C1. The maximum atomic E-state index is 10.5. The van der Waals surface area contributed by atoms with E-state index in [0.29, 0.717) is 19.1 Å². The maximum Gasteiger partial charge on any atom is 0.0890 e. The van der Waals surface area contributed by atoms with Crippen LogP contribution in [0.5, 0.6) is 0 Å². The zero-order valence-electron chi connectivity index (χ0n) is 8.33. The fraction of sp³-hybridized carbons (Fsp3) is 1.00. The molecule has 1 heterocycles. The minimum Gasteiger partial charge on any atom is -0.388 e. The first kappa shape index (κ1) is 9.09. The molecule has 4 nitrogen and oxygen atoms in total. The van der Waals surface area contributed by atoms with E-state index >= 15 is 0 Å². The summed E-state index contributed by atoms with van der Waals surface area (Å²) in [5.74, 6) is 0.341. The molecular formula is C10H18N2O2. The number of hydrogen-bond donors (Lipinski definition) is 3. The second kappa shape index (κ2) is 2.32. The molecular weight excluding hydrogens is 180 g/mol. The summed E-state index contributed by atoms with van der Waals surface area (Å²) in [4.78, 5) is 0. The fourth-order valence-corrected chi connectivity index (χ4v) is 3.79. The van der Waals surface area contributed by atoms with Gasteiger partial charge in [0.15, 0.2) is 0 Å². The molecule has 2 saturated carbocycles. The van der Waals surface area contributed by atoms with Crippen molar-refractivity contribution in [3.63, 3.8) is 0 Å². The smallest absolute Gasteiger partial charge is 0.0890 e. The third-order valence-electron chi connectivity index (χ3n) is 4.79. The van der Waals surface area contributed by atoms with Crippen LogP contribution >= 0.6 is 0 Å². The molecule has 80 valence electrons. The van der Waals surface area contributed by atoms with Crippen molar-refractivity contribution >= 4 is 0 Å². The second-order valence-corrected chi connectivity index (χ2v) is 5.33. The van der Waals surface area contributed by atoms with E-state index in [0.717, 1.165) is 25.7 Å². The first-order chi connectivity index (χ1) is 6.52. The first-order valence-corrected chi connectivity index (χ1v) is 5.40. The lowest BCUT2D eigenvalue weighted by molar-refractivity contribution is -0.0447. The molecule has 3 rings (SSSR count). The van der Waals surface area contributed by atoms with Crippen molar-refractivity contribution in [2.24, 2.45) is 17.4 Å². The highest BCUT2D eigenvalue weighted by molar-refractivity contribution is 5.29. The summed E-state index contributed by atoms with van der Waals surface area (Å²) in [6, 6.07) is 0. The number of hydrogen-bond acceptors (Lipinski definition) is 4. The molecule has 4 atom stereocenters. The number of ether oxygens (including phenoxy) is 1. The fourth-order valence-electron chi connectivity index (χ4n) is 3.79. The van der Waals surface area contributed by atoms with E-state index < -0.39 is 16.7 Å². The lowest BCUT2D eigenvalue weighted by Crippen LogP contribution is -2.71. The molecule has 0 aromatic carbocycles. The van der Waals surface area contributed by atoms with Crippen LogP contribution in [-0.2, 0) is 4.74 Å². The number of aliphatic hydroxyl groups is 1. The molecule has 5 N–H and O–H groups in total. The van der Waals surface area contributed by atoms with Crippen molar-refractivity contribution in [2.75, 3.05) is 13.2 Å². The highest BCUT2D eigenvalue weighted by Gasteiger charge is 2.72. The third kappa shape index (κ3) is 0.724. The molecule has 4 unspecified atom stereocenters. The van der Waals surface area contributed by atoms with Crippen LogP contribution in [0.2, 0.25) is 0 Å². The molecule has 0 aromatic rings. The number of fused-ring (bicyclic) bond motifs is 5. The van der Waals surface area contributed by atoms with Gasteiger partial charge < -0.3 is 21.3 Å². The molecule has 1 aliphatic heterocycles. The van der Waals surface area contributed by atoms with E-state index in [1.54, 1.807) is 0 Å². The standard InChI is InChI=1S/C10H18N2O2/c11-9-5-14-6-10(9,12)8(13)3-1-2-7(9)4-8/h7,13H,1-6,11-12H2. The Balaban J connectivity index is 2.12. The Morgan fingerprint density at radius 2 is 2.07 bits per heavy atom. The van der Waals surface area contributed by atoms with E-state index in [9.17, 15) is 5.11 Å². The van der Waals surface area contributed by atoms with Crippen LogP contribution in [0.1, 0.15) is 25.7 Å². The monoisotopic (exact) mass is 198 g/mol. The van der Waals surface area contributed by atoms with Gasteiger partial charge in [0.2, 0.25) is 0 Å². The molecule has 14 heavy (non-hydrogen) atoms. The summed E-state index contributed by atoms with van der Waals surface area (Å²) < 4.78 is 5.41. The van der Waals surface area contributed by atoms with Crippen LogP contribution in [0.4, 0.5) is 0 Å². The van der Waals surface area contributed by atoms with Gasteiger partial charge in [0.25, 0.3) is 0 Å². The molecule has 3 aliphatic rings. The highest BCUT2D eigenvalue weighted by Crippen LogP contribution is 2.56.